The zero-order valence-electron chi connectivity index (χ0n) is 17.8. The van der Waals surface area contributed by atoms with E-state index in [1.54, 1.807) is 15.9 Å². The maximum Gasteiger partial charge on any atom is 0.243 e. The Bertz CT molecular complexity index is 1370. The molecular formula is C23H24N4O3S2. The van der Waals surface area contributed by atoms with Gasteiger partial charge in [0.05, 0.1) is 27.3 Å². The molecule has 0 N–H and O–H groups in total. The lowest BCUT2D eigenvalue weighted by Crippen LogP contribution is -2.40. The number of para-hydroxylation sites is 3. The Labute approximate surface area is 190 Å². The Morgan fingerprint density at radius 3 is 2.59 bits per heavy atom. The highest BCUT2D eigenvalue weighted by Crippen LogP contribution is 2.36. The third-order valence-corrected chi connectivity index (χ3v) is 7.76. The molecule has 1 aliphatic rings. The molecule has 32 heavy (non-hydrogen) atoms. The molecule has 4 aromatic rings. The van der Waals surface area contributed by atoms with Crippen molar-refractivity contribution in [2.45, 2.75) is 37.6 Å². The predicted molar refractivity (Wildman–Crippen MR) is 126 cm³/mol. The maximum atomic E-state index is 13.5. The van der Waals surface area contributed by atoms with Crippen LogP contribution >= 0.6 is 11.3 Å². The highest BCUT2D eigenvalue weighted by Gasteiger charge is 2.31. The molecule has 2 aromatic heterocycles. The maximum absolute atomic E-state index is 13.5. The molecule has 1 saturated heterocycles. The molecule has 1 atom stereocenters. The lowest BCUT2D eigenvalue weighted by Gasteiger charge is -2.34. The van der Waals surface area contributed by atoms with Gasteiger partial charge in [-0.1, -0.05) is 24.3 Å². The molecule has 166 valence electrons. The third-order valence-electron chi connectivity index (χ3n) is 5.84. The highest BCUT2D eigenvalue weighted by atomic mass is 32.2. The number of amides is 1. The Morgan fingerprint density at radius 2 is 1.81 bits per heavy atom. The van der Waals surface area contributed by atoms with E-state index in [0.29, 0.717) is 17.9 Å². The van der Waals surface area contributed by atoms with Gasteiger partial charge in [-0.25, -0.2) is 18.4 Å². The first-order valence-corrected chi connectivity index (χ1v) is 13.5. The minimum atomic E-state index is -3.29. The topological polar surface area (TPSA) is 85.2 Å². The molecule has 1 fully saturated rings. The molecule has 9 heteroatoms. The van der Waals surface area contributed by atoms with Crippen LogP contribution in [0.5, 0.6) is 0 Å². The molecule has 5 rings (SSSR count). The first-order chi connectivity index (χ1) is 15.4. The Kier molecular flexibility index (Phi) is 5.46. The third kappa shape index (κ3) is 4.14. The quantitative estimate of drug-likeness (QED) is 0.443. The van der Waals surface area contributed by atoms with Crippen LogP contribution < -0.4 is 0 Å². The normalized spacial score (nSPS) is 17.3. The number of likely N-dealkylation sites (tertiary alicyclic amines) is 1. The molecule has 7 nitrogen and oxygen atoms in total. The standard InChI is InChI=1S/C23H24N4O3S2/c1-32(29,30)15-21-24-16-8-2-4-10-18(16)27(21)14-22(28)26-13-7-6-11-19(26)23-25-17-9-3-5-12-20(17)31-23/h2-5,8-10,12,19H,6-7,11,13-15H2,1H3. The van der Waals surface area contributed by atoms with Gasteiger partial charge in [0.1, 0.15) is 23.1 Å². The fourth-order valence-electron chi connectivity index (χ4n) is 4.39. The van der Waals surface area contributed by atoms with Crippen molar-refractivity contribution in [1.82, 2.24) is 19.4 Å². The number of thiazole rings is 1. The van der Waals surface area contributed by atoms with Gasteiger partial charge in [-0.05, 0) is 43.5 Å². The number of fused-ring (bicyclic) bond motifs is 2. The molecule has 1 amide bonds. The number of hydrogen-bond acceptors (Lipinski definition) is 6. The summed E-state index contributed by atoms with van der Waals surface area (Å²) in [7, 11) is -3.29. The molecular weight excluding hydrogens is 444 g/mol. The van der Waals surface area contributed by atoms with E-state index in [9.17, 15) is 13.2 Å². The van der Waals surface area contributed by atoms with Crippen LogP contribution in [0.4, 0.5) is 0 Å². The van der Waals surface area contributed by atoms with Gasteiger partial charge in [0.15, 0.2) is 9.84 Å². The van der Waals surface area contributed by atoms with E-state index < -0.39 is 9.84 Å². The van der Waals surface area contributed by atoms with Crippen LogP contribution in [0.2, 0.25) is 0 Å². The minimum Gasteiger partial charge on any atom is -0.332 e. The van der Waals surface area contributed by atoms with Gasteiger partial charge in [0.25, 0.3) is 0 Å². The molecule has 0 bridgehead atoms. The Hall–Kier alpha value is -2.78. The predicted octanol–water partition coefficient (Wildman–Crippen LogP) is 3.94. The van der Waals surface area contributed by atoms with Crippen molar-refractivity contribution in [3.05, 3.63) is 59.4 Å². The number of carbonyl (C=O) groups is 1. The first-order valence-electron chi connectivity index (χ1n) is 10.7. The average molecular weight is 469 g/mol. The van der Waals surface area contributed by atoms with Crippen molar-refractivity contribution in [2.75, 3.05) is 12.8 Å². The van der Waals surface area contributed by atoms with E-state index in [2.05, 4.69) is 11.1 Å². The number of hydrogen-bond donors (Lipinski definition) is 0. The van der Waals surface area contributed by atoms with Crippen molar-refractivity contribution in [2.24, 2.45) is 0 Å². The number of imidazole rings is 1. The van der Waals surface area contributed by atoms with Gasteiger partial charge in [0, 0.05) is 12.8 Å². The fraction of sp³-hybridized carbons (Fsp3) is 0.348. The van der Waals surface area contributed by atoms with Crippen molar-refractivity contribution < 1.29 is 13.2 Å². The van der Waals surface area contributed by atoms with Crippen LogP contribution in [-0.2, 0) is 26.9 Å². The molecule has 3 heterocycles. The van der Waals surface area contributed by atoms with Gasteiger partial charge < -0.3 is 9.47 Å². The van der Waals surface area contributed by atoms with Crippen molar-refractivity contribution in [3.63, 3.8) is 0 Å². The van der Waals surface area contributed by atoms with Crippen LogP contribution in [0.1, 0.15) is 36.1 Å². The summed E-state index contributed by atoms with van der Waals surface area (Å²) in [6.07, 6.45) is 4.07. The van der Waals surface area contributed by atoms with Gasteiger partial charge in [-0.2, -0.15) is 0 Å². The zero-order chi connectivity index (χ0) is 22.3. The smallest absolute Gasteiger partial charge is 0.243 e. The number of piperidine rings is 1. The summed E-state index contributed by atoms with van der Waals surface area (Å²) >= 11 is 1.64. The largest absolute Gasteiger partial charge is 0.332 e. The molecule has 0 saturated carbocycles. The monoisotopic (exact) mass is 468 g/mol. The molecule has 1 unspecified atom stereocenters. The van der Waals surface area contributed by atoms with Crippen molar-refractivity contribution in [3.8, 4) is 0 Å². The number of sulfone groups is 1. The zero-order valence-corrected chi connectivity index (χ0v) is 19.4. The summed E-state index contributed by atoms with van der Waals surface area (Å²) in [6, 6.07) is 15.4. The summed E-state index contributed by atoms with van der Waals surface area (Å²) in [5.74, 6) is 0.165. The van der Waals surface area contributed by atoms with E-state index in [0.717, 1.165) is 40.0 Å². The Morgan fingerprint density at radius 1 is 1.06 bits per heavy atom. The SMILES string of the molecule is CS(=O)(=O)Cc1nc2ccccc2n1CC(=O)N1CCCCC1c1nc2ccccc2s1. The van der Waals surface area contributed by atoms with Crippen molar-refractivity contribution >= 4 is 48.3 Å². The fourth-order valence-corrected chi connectivity index (χ4v) is 6.20. The van der Waals surface area contributed by atoms with Gasteiger partial charge >= 0.3 is 0 Å². The molecule has 1 aliphatic heterocycles. The van der Waals surface area contributed by atoms with E-state index in [1.165, 1.54) is 6.26 Å². The second kappa shape index (κ2) is 8.29. The second-order valence-corrected chi connectivity index (χ2v) is 11.5. The van der Waals surface area contributed by atoms with E-state index in [4.69, 9.17) is 4.98 Å². The van der Waals surface area contributed by atoms with Crippen LogP contribution in [0.15, 0.2) is 48.5 Å². The van der Waals surface area contributed by atoms with E-state index >= 15 is 0 Å². The number of carbonyl (C=O) groups excluding carboxylic acids is 1. The van der Waals surface area contributed by atoms with Crippen LogP contribution in [0.25, 0.3) is 21.3 Å². The summed E-state index contributed by atoms with van der Waals surface area (Å²) < 4.78 is 26.8. The van der Waals surface area contributed by atoms with E-state index in [-0.39, 0.29) is 24.2 Å². The van der Waals surface area contributed by atoms with Crippen molar-refractivity contribution in [1.29, 1.82) is 0 Å². The number of rotatable bonds is 5. The summed E-state index contributed by atoms with van der Waals surface area (Å²) in [6.45, 7) is 0.736. The van der Waals surface area contributed by atoms with Crippen LogP contribution in [-0.4, -0.2) is 46.6 Å². The average Bonchev–Trinajstić information content (AvgIpc) is 3.34. The highest BCUT2D eigenvalue weighted by molar-refractivity contribution is 7.89. The summed E-state index contributed by atoms with van der Waals surface area (Å²) in [5.41, 5.74) is 2.43. The van der Waals surface area contributed by atoms with Gasteiger partial charge in [0.2, 0.25) is 5.91 Å². The molecule has 0 aliphatic carbocycles. The number of aromatic nitrogens is 3. The Balaban J connectivity index is 1.48. The molecule has 2 aromatic carbocycles. The number of benzene rings is 2. The first kappa shape index (κ1) is 21.1. The second-order valence-electron chi connectivity index (χ2n) is 8.29. The molecule has 0 spiro atoms. The van der Waals surface area contributed by atoms with Gasteiger partial charge in [-0.15, -0.1) is 11.3 Å². The lowest BCUT2D eigenvalue weighted by atomic mass is 10.0. The van der Waals surface area contributed by atoms with E-state index in [1.807, 2.05) is 47.4 Å². The van der Waals surface area contributed by atoms with Crippen LogP contribution in [0, 0.1) is 0 Å². The lowest BCUT2D eigenvalue weighted by molar-refractivity contribution is -0.135. The molecule has 0 radical (unpaired) electrons. The summed E-state index contributed by atoms with van der Waals surface area (Å²) in [5, 5.41) is 0.964. The minimum absolute atomic E-state index is 0.0353. The van der Waals surface area contributed by atoms with Crippen LogP contribution in [0.3, 0.4) is 0 Å². The van der Waals surface area contributed by atoms with Gasteiger partial charge in [-0.3, -0.25) is 4.79 Å². The summed E-state index contributed by atoms with van der Waals surface area (Å²) in [4.78, 5) is 24.8. The number of nitrogens with zero attached hydrogens (tertiary/aromatic N) is 4.